The summed E-state index contributed by atoms with van der Waals surface area (Å²) < 4.78 is 5.11. The van der Waals surface area contributed by atoms with E-state index in [1.807, 2.05) is 13.8 Å². The molecule has 2 rings (SSSR count). The lowest BCUT2D eigenvalue weighted by molar-refractivity contribution is 0.419. The van der Waals surface area contributed by atoms with Crippen LogP contribution in [-0.4, -0.2) is 15.1 Å². The molecule has 15 heavy (non-hydrogen) atoms. The van der Waals surface area contributed by atoms with Gasteiger partial charge in [0.1, 0.15) is 5.15 Å². The first kappa shape index (κ1) is 10.1. The van der Waals surface area contributed by atoms with Crippen LogP contribution >= 0.6 is 11.6 Å². The molecule has 0 aliphatic heterocycles. The number of hydrogen-bond acceptors (Lipinski definition) is 4. The third kappa shape index (κ3) is 1.99. The second kappa shape index (κ2) is 3.98. The van der Waals surface area contributed by atoms with Gasteiger partial charge in [-0.15, -0.1) is 0 Å². The monoisotopic (exact) mass is 223 g/mol. The van der Waals surface area contributed by atoms with E-state index in [0.29, 0.717) is 22.4 Å². The smallest absolute Gasteiger partial charge is 0.261 e. The van der Waals surface area contributed by atoms with E-state index in [0.717, 1.165) is 0 Å². The molecule has 0 saturated carbocycles. The highest BCUT2D eigenvalue weighted by Crippen LogP contribution is 2.25. The van der Waals surface area contributed by atoms with E-state index in [4.69, 9.17) is 16.1 Å². The number of pyridine rings is 1. The molecule has 0 bridgehead atoms. The van der Waals surface area contributed by atoms with Crippen molar-refractivity contribution in [2.24, 2.45) is 0 Å². The van der Waals surface area contributed by atoms with Crippen LogP contribution in [0, 0.1) is 0 Å². The average Bonchev–Trinajstić information content (AvgIpc) is 2.67. The Morgan fingerprint density at radius 2 is 2.20 bits per heavy atom. The Labute approximate surface area is 92.3 Å². The predicted octanol–water partition coefficient (Wildman–Crippen LogP) is 2.91. The molecular weight excluding hydrogens is 214 g/mol. The largest absolute Gasteiger partial charge is 0.334 e. The summed E-state index contributed by atoms with van der Waals surface area (Å²) in [7, 11) is 0. The zero-order valence-corrected chi connectivity index (χ0v) is 9.19. The van der Waals surface area contributed by atoms with Crippen LogP contribution < -0.4 is 0 Å². The molecule has 4 nitrogen and oxygen atoms in total. The molecule has 0 radical (unpaired) electrons. The third-order valence-corrected chi connectivity index (χ3v) is 2.25. The van der Waals surface area contributed by atoms with Gasteiger partial charge in [-0.05, 0) is 12.1 Å². The first-order valence-corrected chi connectivity index (χ1v) is 5.00. The standard InChI is InChI=1S/C10H10ClN3O/c1-6(2)9-13-10(15-14-9)7-4-3-5-12-8(7)11/h3-6H,1-2H3. The fraction of sp³-hybridized carbons (Fsp3) is 0.300. The highest BCUT2D eigenvalue weighted by molar-refractivity contribution is 6.31. The Morgan fingerprint density at radius 1 is 1.40 bits per heavy atom. The Kier molecular flexibility index (Phi) is 2.68. The molecule has 2 aromatic rings. The maximum Gasteiger partial charge on any atom is 0.261 e. The van der Waals surface area contributed by atoms with Gasteiger partial charge in [0, 0.05) is 12.1 Å². The molecule has 0 N–H and O–H groups in total. The van der Waals surface area contributed by atoms with Crippen molar-refractivity contribution in [2.75, 3.05) is 0 Å². The van der Waals surface area contributed by atoms with E-state index >= 15 is 0 Å². The van der Waals surface area contributed by atoms with Gasteiger partial charge in [0.05, 0.1) is 5.56 Å². The van der Waals surface area contributed by atoms with E-state index < -0.39 is 0 Å². The van der Waals surface area contributed by atoms with Crippen molar-refractivity contribution < 1.29 is 4.52 Å². The van der Waals surface area contributed by atoms with Crippen LogP contribution in [-0.2, 0) is 0 Å². The number of hydrogen-bond donors (Lipinski definition) is 0. The van der Waals surface area contributed by atoms with Gasteiger partial charge < -0.3 is 4.52 Å². The SMILES string of the molecule is CC(C)c1noc(-c2cccnc2Cl)n1. The molecule has 0 saturated heterocycles. The molecule has 5 heteroatoms. The second-order valence-electron chi connectivity index (χ2n) is 3.45. The van der Waals surface area contributed by atoms with Crippen LogP contribution in [0.3, 0.4) is 0 Å². The van der Waals surface area contributed by atoms with Crippen LogP contribution in [0.25, 0.3) is 11.5 Å². The molecule has 0 fully saturated rings. The molecule has 0 aliphatic carbocycles. The van der Waals surface area contributed by atoms with E-state index in [1.165, 1.54) is 0 Å². The van der Waals surface area contributed by atoms with Crippen LogP contribution in [0.15, 0.2) is 22.9 Å². The van der Waals surface area contributed by atoms with E-state index in [9.17, 15) is 0 Å². The maximum absolute atomic E-state index is 5.91. The maximum atomic E-state index is 5.91. The zero-order valence-electron chi connectivity index (χ0n) is 8.44. The van der Waals surface area contributed by atoms with Crippen molar-refractivity contribution in [3.8, 4) is 11.5 Å². The summed E-state index contributed by atoms with van der Waals surface area (Å²) in [5, 5.41) is 4.23. The third-order valence-electron chi connectivity index (χ3n) is 1.95. The highest BCUT2D eigenvalue weighted by atomic mass is 35.5. The molecule has 0 spiro atoms. The Balaban J connectivity index is 2.42. The quantitative estimate of drug-likeness (QED) is 0.735. The molecule has 0 unspecified atom stereocenters. The van der Waals surface area contributed by atoms with Crippen LogP contribution in [0.5, 0.6) is 0 Å². The summed E-state index contributed by atoms with van der Waals surface area (Å²) in [5.41, 5.74) is 0.665. The van der Waals surface area contributed by atoms with Gasteiger partial charge in [-0.1, -0.05) is 30.6 Å². The number of halogens is 1. The summed E-state index contributed by atoms with van der Waals surface area (Å²) in [6.07, 6.45) is 1.62. The van der Waals surface area contributed by atoms with Gasteiger partial charge in [-0.25, -0.2) is 4.98 Å². The topological polar surface area (TPSA) is 51.8 Å². The highest BCUT2D eigenvalue weighted by Gasteiger charge is 2.13. The molecule has 2 aromatic heterocycles. The normalized spacial score (nSPS) is 10.9. The summed E-state index contributed by atoms with van der Waals surface area (Å²) in [6, 6.07) is 3.58. The van der Waals surface area contributed by atoms with E-state index in [1.54, 1.807) is 18.3 Å². The van der Waals surface area contributed by atoms with Crippen molar-refractivity contribution >= 4 is 11.6 Å². The van der Waals surface area contributed by atoms with E-state index in [2.05, 4.69) is 15.1 Å². The van der Waals surface area contributed by atoms with Crippen LogP contribution in [0.4, 0.5) is 0 Å². The van der Waals surface area contributed by atoms with Crippen LogP contribution in [0.2, 0.25) is 5.15 Å². The van der Waals surface area contributed by atoms with Gasteiger partial charge in [-0.3, -0.25) is 0 Å². The lowest BCUT2D eigenvalue weighted by Gasteiger charge is -1.95. The second-order valence-corrected chi connectivity index (χ2v) is 3.81. The van der Waals surface area contributed by atoms with Crippen molar-refractivity contribution in [2.45, 2.75) is 19.8 Å². The number of nitrogens with zero attached hydrogens (tertiary/aromatic N) is 3. The first-order chi connectivity index (χ1) is 7.18. The minimum Gasteiger partial charge on any atom is -0.334 e. The summed E-state index contributed by atoms with van der Waals surface area (Å²) in [5.74, 6) is 1.32. The summed E-state index contributed by atoms with van der Waals surface area (Å²) in [6.45, 7) is 4.00. The van der Waals surface area contributed by atoms with Crippen molar-refractivity contribution in [1.29, 1.82) is 0 Å². The van der Waals surface area contributed by atoms with Crippen molar-refractivity contribution in [3.63, 3.8) is 0 Å². The van der Waals surface area contributed by atoms with Gasteiger partial charge in [-0.2, -0.15) is 4.98 Å². The minimum atomic E-state index is 0.234. The zero-order chi connectivity index (χ0) is 10.8. The average molecular weight is 224 g/mol. The van der Waals surface area contributed by atoms with Gasteiger partial charge in [0.15, 0.2) is 5.82 Å². The molecule has 0 aliphatic rings. The lowest BCUT2D eigenvalue weighted by Crippen LogP contribution is -1.89. The van der Waals surface area contributed by atoms with Gasteiger partial charge in [0.25, 0.3) is 5.89 Å². The molecule has 0 aromatic carbocycles. The fourth-order valence-electron chi connectivity index (χ4n) is 1.12. The van der Waals surface area contributed by atoms with E-state index in [-0.39, 0.29) is 5.92 Å². The van der Waals surface area contributed by atoms with Gasteiger partial charge >= 0.3 is 0 Å². The Bertz CT molecular complexity index is 467. The molecular formula is C10H10ClN3O. The lowest BCUT2D eigenvalue weighted by atomic mass is 10.2. The molecule has 78 valence electrons. The molecule has 0 amide bonds. The van der Waals surface area contributed by atoms with Crippen molar-refractivity contribution in [3.05, 3.63) is 29.3 Å². The summed E-state index contributed by atoms with van der Waals surface area (Å²) in [4.78, 5) is 8.19. The Morgan fingerprint density at radius 3 is 2.80 bits per heavy atom. The minimum absolute atomic E-state index is 0.234. The fourth-order valence-corrected chi connectivity index (χ4v) is 1.32. The van der Waals surface area contributed by atoms with Crippen molar-refractivity contribution in [1.82, 2.24) is 15.1 Å². The number of aromatic nitrogens is 3. The van der Waals surface area contributed by atoms with Gasteiger partial charge in [0.2, 0.25) is 0 Å². The van der Waals surface area contributed by atoms with Crippen LogP contribution in [0.1, 0.15) is 25.6 Å². The Hall–Kier alpha value is -1.42. The molecule has 0 atom stereocenters. The number of rotatable bonds is 2. The predicted molar refractivity (Wildman–Crippen MR) is 56.6 cm³/mol. The first-order valence-electron chi connectivity index (χ1n) is 4.63. The molecule has 2 heterocycles. The summed E-state index contributed by atoms with van der Waals surface area (Å²) >= 11 is 5.91.